The van der Waals surface area contributed by atoms with Crippen LogP contribution >= 0.6 is 11.6 Å². The molecule has 1 fully saturated rings. The number of rotatable bonds is 12. The fourth-order valence-electron chi connectivity index (χ4n) is 7.91. The number of benzene rings is 4. The molecule has 0 unspecified atom stereocenters. The number of anilines is 1. The number of aromatic hydroxyl groups is 2. The number of carbonyl (C=O) groups is 2. The van der Waals surface area contributed by atoms with Crippen LogP contribution in [0.1, 0.15) is 60.2 Å². The lowest BCUT2D eigenvalue weighted by atomic mass is 9.98. The van der Waals surface area contributed by atoms with Crippen LogP contribution in [0.5, 0.6) is 11.5 Å². The van der Waals surface area contributed by atoms with Crippen molar-refractivity contribution >= 4 is 50.2 Å². The van der Waals surface area contributed by atoms with E-state index in [9.17, 15) is 33.0 Å². The Morgan fingerprint density at radius 3 is 2.31 bits per heavy atom. The van der Waals surface area contributed by atoms with Crippen LogP contribution in [0.3, 0.4) is 0 Å². The first-order valence-electron chi connectivity index (χ1n) is 20.7. The predicted octanol–water partition coefficient (Wildman–Crippen LogP) is 7.88. The SMILES string of the molecule is CCCS(=O)(=O)Nc1ccc(F)c(C(=O)c2cn(C(=O)N3CCN(Cc4ccc(-n5c(-c6cc(C(C)C)c(O)cc6O)n[nH]c5=O)cc4)CC3)c3ncc(-c4ccc(Cl)cc4)cc23)c1F. The Bertz CT molecular complexity index is 3140. The Balaban J connectivity index is 1.03. The molecule has 1 aliphatic heterocycles. The number of fused-ring (bicyclic) bond motifs is 1. The van der Waals surface area contributed by atoms with Crippen molar-refractivity contribution in [2.75, 3.05) is 36.7 Å². The molecule has 1 amide bonds. The number of ketones is 1. The van der Waals surface area contributed by atoms with Gasteiger partial charge < -0.3 is 15.1 Å². The molecule has 7 aromatic rings. The van der Waals surface area contributed by atoms with Crippen LogP contribution in [0.4, 0.5) is 19.3 Å². The van der Waals surface area contributed by atoms with Crippen molar-refractivity contribution in [1.29, 1.82) is 0 Å². The monoisotopic (exact) mass is 924 g/mol. The lowest BCUT2D eigenvalue weighted by Gasteiger charge is -2.34. The van der Waals surface area contributed by atoms with Crippen LogP contribution in [-0.4, -0.2) is 96.5 Å². The summed E-state index contributed by atoms with van der Waals surface area (Å²) in [7, 11) is -4.00. The number of pyridine rings is 1. The van der Waals surface area contributed by atoms with Crippen molar-refractivity contribution in [2.24, 2.45) is 0 Å². The quantitative estimate of drug-likeness (QED) is 0.0876. The van der Waals surface area contributed by atoms with E-state index >= 15 is 8.78 Å². The molecule has 0 saturated carbocycles. The summed E-state index contributed by atoms with van der Waals surface area (Å²) in [6.07, 6.45) is 2.96. The number of phenols is 2. The zero-order valence-electron chi connectivity index (χ0n) is 35.3. The van der Waals surface area contributed by atoms with E-state index in [-0.39, 0.29) is 70.7 Å². The summed E-state index contributed by atoms with van der Waals surface area (Å²) in [4.78, 5) is 49.7. The minimum absolute atomic E-state index is 0.0595. The smallest absolute Gasteiger partial charge is 0.348 e. The van der Waals surface area contributed by atoms with E-state index in [2.05, 4.69) is 24.8 Å². The van der Waals surface area contributed by atoms with Crippen LogP contribution in [0.25, 0.3) is 39.2 Å². The van der Waals surface area contributed by atoms with Crippen LogP contribution < -0.4 is 10.4 Å². The molecule has 19 heteroatoms. The highest BCUT2D eigenvalue weighted by atomic mass is 35.5. The molecule has 8 rings (SSSR count). The summed E-state index contributed by atoms with van der Waals surface area (Å²) in [6, 6.07) is 19.7. The number of hydrogen-bond donors (Lipinski definition) is 4. The molecule has 3 aromatic heterocycles. The number of hydrogen-bond acceptors (Lipinski definition) is 10. The lowest BCUT2D eigenvalue weighted by molar-refractivity contribution is 0.103. The zero-order valence-corrected chi connectivity index (χ0v) is 36.9. The molecule has 4 heterocycles. The molecule has 4 aromatic carbocycles. The second kappa shape index (κ2) is 17.9. The molecule has 0 bridgehead atoms. The molecule has 1 saturated heterocycles. The maximum atomic E-state index is 16.0. The van der Waals surface area contributed by atoms with E-state index < -0.39 is 50.4 Å². The Kier molecular flexibility index (Phi) is 12.3. The summed E-state index contributed by atoms with van der Waals surface area (Å²) >= 11 is 6.11. The molecular weight excluding hydrogens is 882 g/mol. The van der Waals surface area contributed by atoms with Gasteiger partial charge in [-0.05, 0) is 77.6 Å². The largest absolute Gasteiger partial charge is 0.508 e. The Morgan fingerprint density at radius 1 is 0.923 bits per heavy atom. The van der Waals surface area contributed by atoms with E-state index in [0.29, 0.717) is 47.0 Å². The average Bonchev–Trinajstić information content (AvgIpc) is 3.85. The third kappa shape index (κ3) is 8.96. The van der Waals surface area contributed by atoms with Crippen molar-refractivity contribution in [3.05, 3.63) is 141 Å². The minimum Gasteiger partial charge on any atom is -0.508 e. The summed E-state index contributed by atoms with van der Waals surface area (Å²) in [5.41, 5.74) is 1.22. The molecule has 15 nitrogen and oxygen atoms in total. The summed E-state index contributed by atoms with van der Waals surface area (Å²) in [6.45, 7) is 7.43. The van der Waals surface area contributed by atoms with Gasteiger partial charge in [0.15, 0.2) is 11.6 Å². The van der Waals surface area contributed by atoms with Gasteiger partial charge in [0, 0.05) is 67.2 Å². The number of aromatic amines is 1. The standard InChI is InChI=1S/C46H43ClF2N8O7S/c1-4-19-65(63,64)53-37-14-13-36(48)40(41(37)49)42(60)35-25-56(43-33(35)20-29(23-50-43)28-7-9-30(47)10-8-28)46(62)55-17-15-54(16-18-55)24-27-5-11-31(12-6-27)57-44(51-52-45(57)61)34-21-32(26(2)3)38(58)22-39(34)59/h5-14,20-23,25-26,53,58-59H,4,15-19,24H2,1-3H3,(H,52,61). The maximum absolute atomic E-state index is 16.0. The van der Waals surface area contributed by atoms with Gasteiger partial charge in [-0.15, -0.1) is 0 Å². The van der Waals surface area contributed by atoms with Gasteiger partial charge in [-0.2, -0.15) is 5.10 Å². The molecule has 0 atom stereocenters. The fraction of sp³-hybridized carbons (Fsp3) is 0.239. The van der Waals surface area contributed by atoms with E-state index in [1.165, 1.54) is 27.6 Å². The third-order valence-corrected chi connectivity index (χ3v) is 13.0. The van der Waals surface area contributed by atoms with Crippen molar-refractivity contribution < 1.29 is 37.0 Å². The number of nitrogens with one attached hydrogen (secondary N) is 2. The predicted molar refractivity (Wildman–Crippen MR) is 242 cm³/mol. The highest BCUT2D eigenvalue weighted by Crippen LogP contribution is 2.38. The zero-order chi connectivity index (χ0) is 46.3. The van der Waals surface area contributed by atoms with Crippen molar-refractivity contribution in [3.8, 4) is 39.7 Å². The number of piperazine rings is 1. The van der Waals surface area contributed by atoms with Gasteiger partial charge in [-0.25, -0.2) is 41.4 Å². The van der Waals surface area contributed by atoms with E-state index in [1.807, 2.05) is 26.0 Å². The van der Waals surface area contributed by atoms with Crippen LogP contribution in [0.2, 0.25) is 5.02 Å². The number of aromatic nitrogens is 5. The molecule has 0 radical (unpaired) electrons. The third-order valence-electron chi connectivity index (χ3n) is 11.3. The number of sulfonamides is 1. The van der Waals surface area contributed by atoms with E-state index in [4.69, 9.17) is 11.6 Å². The highest BCUT2D eigenvalue weighted by molar-refractivity contribution is 7.92. The maximum Gasteiger partial charge on any atom is 0.348 e. The van der Waals surface area contributed by atoms with E-state index in [0.717, 1.165) is 17.7 Å². The Morgan fingerprint density at radius 2 is 1.63 bits per heavy atom. The van der Waals surface area contributed by atoms with Crippen LogP contribution in [-0.2, 0) is 16.6 Å². The molecule has 1 aliphatic rings. The van der Waals surface area contributed by atoms with Crippen LogP contribution in [0.15, 0.2) is 96.1 Å². The topological polar surface area (TPSA) is 196 Å². The van der Waals surface area contributed by atoms with Crippen molar-refractivity contribution in [3.63, 3.8) is 0 Å². The van der Waals surface area contributed by atoms with Gasteiger partial charge in [-0.3, -0.25) is 19.0 Å². The minimum atomic E-state index is -4.00. The number of amides is 1. The van der Waals surface area contributed by atoms with Crippen molar-refractivity contribution in [1.82, 2.24) is 34.1 Å². The molecule has 0 aliphatic carbocycles. The molecular formula is C46H43ClF2N8O7S. The number of halogens is 3. The first-order valence-corrected chi connectivity index (χ1v) is 22.7. The summed E-state index contributed by atoms with van der Waals surface area (Å²) < 4.78 is 61.0. The average molecular weight is 925 g/mol. The van der Waals surface area contributed by atoms with Crippen LogP contribution in [0, 0.1) is 11.6 Å². The first-order chi connectivity index (χ1) is 31.0. The number of nitrogens with zero attached hydrogens (tertiary/aromatic N) is 6. The molecule has 336 valence electrons. The number of carbonyl (C=O) groups excluding carboxylic acids is 2. The van der Waals surface area contributed by atoms with Gasteiger partial charge in [0.25, 0.3) is 0 Å². The molecule has 0 spiro atoms. The van der Waals surface area contributed by atoms with Gasteiger partial charge in [0.2, 0.25) is 15.8 Å². The normalized spacial score (nSPS) is 13.5. The Labute approximate surface area is 376 Å². The number of H-pyrrole nitrogens is 1. The second-order valence-electron chi connectivity index (χ2n) is 16.0. The van der Waals surface area contributed by atoms with Crippen molar-refractivity contribution in [2.45, 2.75) is 39.7 Å². The Hall–Kier alpha value is -6.89. The lowest BCUT2D eigenvalue weighted by Crippen LogP contribution is -2.49. The summed E-state index contributed by atoms with van der Waals surface area (Å²) in [5.74, 6) is -4.24. The first kappa shape index (κ1) is 44.7. The number of phenolic OH excluding ortho intramolecular Hbond substituents is 2. The summed E-state index contributed by atoms with van der Waals surface area (Å²) in [5, 5.41) is 28.3. The highest BCUT2D eigenvalue weighted by Gasteiger charge is 2.30. The van der Waals surface area contributed by atoms with Gasteiger partial charge >= 0.3 is 11.7 Å². The second-order valence-corrected chi connectivity index (χ2v) is 18.3. The molecule has 65 heavy (non-hydrogen) atoms. The van der Waals surface area contributed by atoms with Gasteiger partial charge in [0.05, 0.1) is 33.8 Å². The van der Waals surface area contributed by atoms with E-state index in [1.54, 1.807) is 60.4 Å². The molecule has 4 N–H and O–H groups in total. The van der Waals surface area contributed by atoms with Gasteiger partial charge in [-0.1, -0.05) is 56.6 Å². The van der Waals surface area contributed by atoms with Gasteiger partial charge in [0.1, 0.15) is 23.0 Å². The fourth-order valence-corrected chi connectivity index (χ4v) is 9.17.